The Morgan fingerprint density at radius 1 is 1.15 bits per heavy atom. The van der Waals surface area contributed by atoms with Crippen LogP contribution in [-0.2, 0) is 9.53 Å². The zero-order chi connectivity index (χ0) is 18.8. The van der Waals surface area contributed by atoms with E-state index in [9.17, 15) is 9.18 Å². The fraction of sp³-hybridized carbons (Fsp3) is 0.211. The van der Waals surface area contributed by atoms with E-state index < -0.39 is 11.9 Å². The highest BCUT2D eigenvalue weighted by atomic mass is 35.5. The molecule has 0 radical (unpaired) electrons. The van der Waals surface area contributed by atoms with Crippen LogP contribution in [0.15, 0.2) is 46.4 Å². The summed E-state index contributed by atoms with van der Waals surface area (Å²) in [6.07, 6.45) is 0. The summed E-state index contributed by atoms with van der Waals surface area (Å²) in [6, 6.07) is 8.78. The number of hydrogen-bond acceptors (Lipinski definition) is 5. The first-order chi connectivity index (χ1) is 12.5. The fourth-order valence-corrected chi connectivity index (χ4v) is 2.93. The zero-order valence-corrected chi connectivity index (χ0v) is 15.2. The molecule has 1 atom stereocenters. The molecule has 1 heterocycles. The van der Waals surface area contributed by atoms with Gasteiger partial charge in [-0.2, -0.15) is 0 Å². The Balaban J connectivity index is 2.35. The molecule has 7 heteroatoms. The Bertz CT molecular complexity index is 940. The van der Waals surface area contributed by atoms with Crippen LogP contribution in [0.3, 0.4) is 0 Å². The van der Waals surface area contributed by atoms with E-state index in [1.165, 1.54) is 33.3 Å². The van der Waals surface area contributed by atoms with Crippen LogP contribution in [0.5, 0.6) is 5.75 Å². The van der Waals surface area contributed by atoms with Crippen molar-refractivity contribution in [2.45, 2.75) is 13.0 Å². The number of benzene rings is 2. The molecule has 0 spiro atoms. The molecular formula is C19H16ClFN2O3. The van der Waals surface area contributed by atoms with Gasteiger partial charge in [-0.25, -0.2) is 9.38 Å². The molecule has 0 fully saturated rings. The number of ether oxygens (including phenoxy) is 2. The van der Waals surface area contributed by atoms with Crippen LogP contribution in [0.4, 0.5) is 10.1 Å². The van der Waals surface area contributed by atoms with Gasteiger partial charge in [0.05, 0.1) is 25.6 Å². The van der Waals surface area contributed by atoms with Crippen molar-refractivity contribution in [3.63, 3.8) is 0 Å². The van der Waals surface area contributed by atoms with Crippen LogP contribution < -0.4 is 4.74 Å². The van der Waals surface area contributed by atoms with E-state index in [1.807, 2.05) is 0 Å². The van der Waals surface area contributed by atoms with Gasteiger partial charge in [0.1, 0.15) is 0 Å². The Hall–Kier alpha value is -2.73. The number of Topliss-reactive ketones (excluding diaryl/α,β-unsaturated/α-hetero) is 1. The van der Waals surface area contributed by atoms with Gasteiger partial charge in [-0.05, 0) is 19.1 Å². The van der Waals surface area contributed by atoms with Crippen LogP contribution >= 0.6 is 11.6 Å². The summed E-state index contributed by atoms with van der Waals surface area (Å²) in [5.41, 5.74) is 1.71. The van der Waals surface area contributed by atoms with Gasteiger partial charge >= 0.3 is 0 Å². The first-order valence-corrected chi connectivity index (χ1v) is 8.17. The van der Waals surface area contributed by atoms with Crippen LogP contribution in [0.2, 0.25) is 5.02 Å². The lowest BCUT2D eigenvalue weighted by Gasteiger charge is -2.13. The lowest BCUT2D eigenvalue weighted by Crippen LogP contribution is -2.28. The summed E-state index contributed by atoms with van der Waals surface area (Å²) in [5, 5.41) is 0.427. The largest absolute Gasteiger partial charge is 0.494 e. The molecule has 1 unspecified atom stereocenters. The second-order valence-corrected chi connectivity index (χ2v) is 6.04. The molecule has 0 N–H and O–H groups in total. The van der Waals surface area contributed by atoms with Crippen molar-refractivity contribution in [1.82, 2.24) is 0 Å². The average molecular weight is 375 g/mol. The second kappa shape index (κ2) is 7.25. The zero-order valence-electron chi connectivity index (χ0n) is 14.4. The molecule has 5 nitrogen and oxygen atoms in total. The smallest absolute Gasteiger partial charge is 0.221 e. The van der Waals surface area contributed by atoms with Crippen molar-refractivity contribution in [3.8, 4) is 5.75 Å². The number of aliphatic imine (C=N–C) groups is 2. The molecule has 0 saturated heterocycles. The van der Waals surface area contributed by atoms with Crippen molar-refractivity contribution in [2.75, 3.05) is 14.2 Å². The SMILES string of the molecule is COC1=Nc2cc(OC)c(F)cc2C(c2ccccc2Cl)=NC1C(C)=O. The summed E-state index contributed by atoms with van der Waals surface area (Å²) >= 11 is 6.32. The van der Waals surface area contributed by atoms with Crippen LogP contribution in [0, 0.1) is 5.82 Å². The lowest BCUT2D eigenvalue weighted by atomic mass is 10.00. The third kappa shape index (κ3) is 3.20. The number of carbonyl (C=O) groups excluding carboxylic acids is 1. The summed E-state index contributed by atoms with van der Waals surface area (Å²) in [5.74, 6) is -0.672. The summed E-state index contributed by atoms with van der Waals surface area (Å²) in [6.45, 7) is 1.39. The molecule has 1 aliphatic heterocycles. The molecule has 0 saturated carbocycles. The fourth-order valence-electron chi connectivity index (χ4n) is 2.70. The molecule has 26 heavy (non-hydrogen) atoms. The number of fused-ring (bicyclic) bond motifs is 1. The maximum Gasteiger partial charge on any atom is 0.221 e. The predicted octanol–water partition coefficient (Wildman–Crippen LogP) is 3.97. The summed E-state index contributed by atoms with van der Waals surface area (Å²) in [4.78, 5) is 21.0. The van der Waals surface area contributed by atoms with E-state index in [4.69, 9.17) is 21.1 Å². The Labute approximate surface area is 155 Å². The van der Waals surface area contributed by atoms with Crippen molar-refractivity contribution in [2.24, 2.45) is 9.98 Å². The Kier molecular flexibility index (Phi) is 5.04. The van der Waals surface area contributed by atoms with Gasteiger partial charge in [0.15, 0.2) is 23.4 Å². The monoisotopic (exact) mass is 374 g/mol. The van der Waals surface area contributed by atoms with Crippen molar-refractivity contribution in [3.05, 3.63) is 58.4 Å². The first kappa shape index (κ1) is 18.1. The highest BCUT2D eigenvalue weighted by Crippen LogP contribution is 2.34. The van der Waals surface area contributed by atoms with Gasteiger partial charge in [-0.3, -0.25) is 9.79 Å². The lowest BCUT2D eigenvalue weighted by molar-refractivity contribution is -0.117. The molecule has 2 aromatic rings. The third-order valence-electron chi connectivity index (χ3n) is 3.97. The predicted molar refractivity (Wildman–Crippen MR) is 98.6 cm³/mol. The van der Waals surface area contributed by atoms with E-state index in [-0.39, 0.29) is 17.4 Å². The van der Waals surface area contributed by atoms with E-state index in [2.05, 4.69) is 9.98 Å². The van der Waals surface area contributed by atoms with Crippen molar-refractivity contribution < 1.29 is 18.7 Å². The molecule has 0 bridgehead atoms. The summed E-state index contributed by atoms with van der Waals surface area (Å²) in [7, 11) is 2.77. The summed E-state index contributed by atoms with van der Waals surface area (Å²) < 4.78 is 24.7. The molecule has 0 amide bonds. The van der Waals surface area contributed by atoms with Gasteiger partial charge in [0.2, 0.25) is 5.90 Å². The maximum absolute atomic E-state index is 14.4. The van der Waals surface area contributed by atoms with Gasteiger partial charge in [0, 0.05) is 22.2 Å². The van der Waals surface area contributed by atoms with E-state index in [0.29, 0.717) is 27.5 Å². The van der Waals surface area contributed by atoms with Crippen LogP contribution in [-0.4, -0.2) is 37.7 Å². The Morgan fingerprint density at radius 3 is 2.50 bits per heavy atom. The minimum absolute atomic E-state index is 0.0303. The average Bonchev–Trinajstić information content (AvgIpc) is 2.78. The Morgan fingerprint density at radius 2 is 1.88 bits per heavy atom. The molecule has 3 rings (SSSR count). The first-order valence-electron chi connectivity index (χ1n) is 7.80. The standard InChI is InChI=1S/C19H16ClFN2O3/c1-10(24)17-19(26-3)22-15-9-16(25-2)14(21)8-12(15)18(23-17)11-6-4-5-7-13(11)20/h4-9,17H,1-3H3. The highest BCUT2D eigenvalue weighted by molar-refractivity contribution is 6.36. The number of nitrogens with zero attached hydrogens (tertiary/aromatic N) is 2. The number of hydrogen-bond donors (Lipinski definition) is 0. The van der Waals surface area contributed by atoms with Crippen molar-refractivity contribution >= 4 is 34.7 Å². The topological polar surface area (TPSA) is 60.2 Å². The molecular weight excluding hydrogens is 359 g/mol. The molecule has 0 aromatic heterocycles. The van der Waals surface area contributed by atoms with Gasteiger partial charge in [-0.1, -0.05) is 29.8 Å². The molecule has 134 valence electrons. The van der Waals surface area contributed by atoms with E-state index >= 15 is 0 Å². The van der Waals surface area contributed by atoms with E-state index in [1.54, 1.807) is 24.3 Å². The maximum atomic E-state index is 14.4. The minimum atomic E-state index is -0.951. The van der Waals surface area contributed by atoms with E-state index in [0.717, 1.165) is 0 Å². The minimum Gasteiger partial charge on any atom is -0.494 e. The quantitative estimate of drug-likeness (QED) is 0.816. The number of rotatable bonds is 3. The van der Waals surface area contributed by atoms with Gasteiger partial charge < -0.3 is 9.47 Å². The molecule has 0 aliphatic carbocycles. The third-order valence-corrected chi connectivity index (χ3v) is 4.30. The number of methoxy groups -OCH3 is 2. The number of halogens is 2. The highest BCUT2D eigenvalue weighted by Gasteiger charge is 2.29. The van der Waals surface area contributed by atoms with Crippen molar-refractivity contribution in [1.29, 1.82) is 0 Å². The molecule has 1 aliphatic rings. The van der Waals surface area contributed by atoms with Gasteiger partial charge in [0.25, 0.3) is 0 Å². The van der Waals surface area contributed by atoms with Crippen LogP contribution in [0.1, 0.15) is 18.1 Å². The van der Waals surface area contributed by atoms with Crippen LogP contribution in [0.25, 0.3) is 0 Å². The number of ketones is 1. The normalized spacial score (nSPS) is 16.1. The molecule has 2 aromatic carbocycles. The number of carbonyl (C=O) groups is 1. The van der Waals surface area contributed by atoms with Gasteiger partial charge in [-0.15, -0.1) is 0 Å². The second-order valence-electron chi connectivity index (χ2n) is 5.63.